The zero-order valence-corrected chi connectivity index (χ0v) is 13.5. The Bertz CT molecular complexity index is 599. The maximum Gasteiger partial charge on any atom is 0.328 e. The molecule has 2 aliphatic rings. The summed E-state index contributed by atoms with van der Waals surface area (Å²) in [4.78, 5) is 31.3. The van der Waals surface area contributed by atoms with Gasteiger partial charge >= 0.3 is 5.69 Å². The molecule has 6 heteroatoms. The van der Waals surface area contributed by atoms with Gasteiger partial charge in [0.15, 0.2) is 0 Å². The predicted molar refractivity (Wildman–Crippen MR) is 86.3 cm³/mol. The third kappa shape index (κ3) is 3.17. The molecule has 0 amide bonds. The van der Waals surface area contributed by atoms with E-state index in [0.717, 1.165) is 19.6 Å². The topological polar surface area (TPSA) is 61.3 Å². The Labute approximate surface area is 130 Å². The summed E-state index contributed by atoms with van der Waals surface area (Å²) in [6.07, 6.45) is 3.98. The van der Waals surface area contributed by atoms with Crippen LogP contribution in [0.5, 0.6) is 0 Å². The van der Waals surface area contributed by atoms with Gasteiger partial charge in [0.1, 0.15) is 0 Å². The molecule has 0 spiro atoms. The summed E-state index contributed by atoms with van der Waals surface area (Å²) in [6.45, 7) is 8.63. The van der Waals surface area contributed by atoms with Gasteiger partial charge in [-0.05, 0) is 33.2 Å². The fourth-order valence-corrected chi connectivity index (χ4v) is 3.69. The molecule has 3 heterocycles. The number of H-pyrrole nitrogens is 1. The van der Waals surface area contributed by atoms with Crippen molar-refractivity contribution < 1.29 is 0 Å². The Balaban J connectivity index is 1.51. The predicted octanol–water partition coefficient (Wildman–Crippen LogP) is 0.404. The van der Waals surface area contributed by atoms with Crippen LogP contribution < -0.4 is 11.2 Å². The van der Waals surface area contributed by atoms with Crippen LogP contribution in [0.25, 0.3) is 0 Å². The maximum atomic E-state index is 11.9. The van der Waals surface area contributed by atoms with Crippen LogP contribution in [0.1, 0.15) is 31.9 Å². The minimum atomic E-state index is -0.299. The smallest absolute Gasteiger partial charge is 0.311 e. The highest BCUT2D eigenvalue weighted by Crippen LogP contribution is 2.24. The van der Waals surface area contributed by atoms with Gasteiger partial charge in [-0.15, -0.1) is 0 Å². The van der Waals surface area contributed by atoms with Gasteiger partial charge in [-0.1, -0.05) is 6.42 Å². The Morgan fingerprint density at radius 1 is 1.23 bits per heavy atom. The molecular weight excluding hydrogens is 280 g/mol. The van der Waals surface area contributed by atoms with Crippen molar-refractivity contribution >= 4 is 0 Å². The number of aryl methyl sites for hydroxylation is 1. The van der Waals surface area contributed by atoms with Crippen LogP contribution in [0, 0.1) is 6.92 Å². The molecule has 6 nitrogen and oxygen atoms in total. The lowest BCUT2D eigenvalue weighted by molar-refractivity contribution is -0.00371. The van der Waals surface area contributed by atoms with Crippen molar-refractivity contribution in [2.24, 2.45) is 0 Å². The highest BCUT2D eigenvalue weighted by Gasteiger charge is 2.34. The second-order valence-corrected chi connectivity index (χ2v) is 6.74. The molecule has 1 aromatic rings. The number of likely N-dealkylation sites (tertiary alicyclic amines) is 2. The number of nitrogens with one attached hydrogen (secondary N) is 1. The van der Waals surface area contributed by atoms with Gasteiger partial charge in [-0.25, -0.2) is 4.79 Å². The summed E-state index contributed by atoms with van der Waals surface area (Å²) in [5.41, 5.74) is 0.115. The molecule has 0 aromatic carbocycles. The quantitative estimate of drug-likeness (QED) is 0.875. The molecule has 2 fully saturated rings. The summed E-state index contributed by atoms with van der Waals surface area (Å²) in [7, 11) is 0. The third-order valence-corrected chi connectivity index (χ3v) is 5.06. The number of nitrogens with zero attached hydrogens (tertiary/aromatic N) is 3. The first-order valence-corrected chi connectivity index (χ1v) is 8.33. The SMILES string of the molecule is Cc1cc(=O)n(CCN2CC(N3CCCC[C@H]3C)C2)c(=O)[nH]1. The first-order valence-electron chi connectivity index (χ1n) is 8.33. The molecule has 1 N–H and O–H groups in total. The van der Waals surface area contributed by atoms with Gasteiger partial charge in [0.2, 0.25) is 0 Å². The standard InChI is InChI=1S/C16H26N4O2/c1-12-9-15(21)20(16(22)17-12)8-7-18-10-14(11-18)19-6-4-3-5-13(19)2/h9,13-14H,3-8,10-11H2,1-2H3,(H,17,22)/t13-/m1/s1. The van der Waals surface area contributed by atoms with Gasteiger partial charge < -0.3 is 4.98 Å². The molecule has 1 aromatic heterocycles. The second kappa shape index (κ2) is 6.38. The molecule has 0 unspecified atom stereocenters. The van der Waals surface area contributed by atoms with E-state index in [1.54, 1.807) is 6.92 Å². The van der Waals surface area contributed by atoms with Gasteiger partial charge in [0, 0.05) is 50.0 Å². The molecule has 0 aliphatic carbocycles. The first kappa shape index (κ1) is 15.5. The van der Waals surface area contributed by atoms with Crippen molar-refractivity contribution in [3.05, 3.63) is 32.6 Å². The fraction of sp³-hybridized carbons (Fsp3) is 0.750. The van der Waals surface area contributed by atoms with Gasteiger partial charge in [0.05, 0.1) is 0 Å². The van der Waals surface area contributed by atoms with E-state index in [9.17, 15) is 9.59 Å². The molecule has 22 heavy (non-hydrogen) atoms. The minimum Gasteiger partial charge on any atom is -0.311 e. The van der Waals surface area contributed by atoms with E-state index >= 15 is 0 Å². The number of piperidine rings is 1. The van der Waals surface area contributed by atoms with Crippen LogP contribution in [-0.2, 0) is 6.54 Å². The zero-order chi connectivity index (χ0) is 15.7. The molecule has 3 rings (SSSR count). The van der Waals surface area contributed by atoms with E-state index in [0.29, 0.717) is 24.3 Å². The lowest BCUT2D eigenvalue weighted by Gasteiger charge is -2.49. The summed E-state index contributed by atoms with van der Waals surface area (Å²) in [5, 5.41) is 0. The normalized spacial score (nSPS) is 24.4. The van der Waals surface area contributed by atoms with Gasteiger partial charge in [0.25, 0.3) is 5.56 Å². The first-order chi connectivity index (χ1) is 10.5. The Kier molecular flexibility index (Phi) is 4.49. The molecule has 0 saturated carbocycles. The van der Waals surface area contributed by atoms with E-state index in [1.807, 2.05) is 0 Å². The largest absolute Gasteiger partial charge is 0.328 e. The molecule has 2 aliphatic heterocycles. The lowest BCUT2D eigenvalue weighted by Crippen LogP contribution is -2.62. The molecule has 0 bridgehead atoms. The number of hydrogen-bond donors (Lipinski definition) is 1. The highest BCUT2D eigenvalue weighted by atomic mass is 16.2. The molecule has 1 atom stereocenters. The summed E-state index contributed by atoms with van der Waals surface area (Å²) in [6, 6.07) is 2.84. The monoisotopic (exact) mass is 306 g/mol. The Hall–Kier alpha value is -1.40. The highest BCUT2D eigenvalue weighted by molar-refractivity contribution is 4.97. The Morgan fingerprint density at radius 2 is 2.00 bits per heavy atom. The van der Waals surface area contributed by atoms with Crippen LogP contribution in [0.4, 0.5) is 0 Å². The van der Waals surface area contributed by atoms with E-state index in [1.165, 1.54) is 36.4 Å². The van der Waals surface area contributed by atoms with E-state index < -0.39 is 0 Å². The van der Waals surface area contributed by atoms with Crippen molar-refractivity contribution in [3.8, 4) is 0 Å². The van der Waals surface area contributed by atoms with Crippen molar-refractivity contribution in [1.29, 1.82) is 0 Å². The van der Waals surface area contributed by atoms with E-state index in [4.69, 9.17) is 0 Å². The van der Waals surface area contributed by atoms with Crippen LogP contribution >= 0.6 is 0 Å². The average molecular weight is 306 g/mol. The second-order valence-electron chi connectivity index (χ2n) is 6.74. The lowest BCUT2D eigenvalue weighted by atomic mass is 9.97. The average Bonchev–Trinajstić information content (AvgIpc) is 2.41. The van der Waals surface area contributed by atoms with Crippen LogP contribution in [-0.4, -0.2) is 57.6 Å². The third-order valence-electron chi connectivity index (χ3n) is 5.06. The van der Waals surface area contributed by atoms with Crippen LogP contribution in [0.2, 0.25) is 0 Å². The van der Waals surface area contributed by atoms with Gasteiger partial charge in [-0.2, -0.15) is 0 Å². The van der Waals surface area contributed by atoms with Crippen molar-refractivity contribution in [2.75, 3.05) is 26.2 Å². The van der Waals surface area contributed by atoms with E-state index in [2.05, 4.69) is 21.7 Å². The number of aromatic amines is 1. The molecular formula is C16H26N4O2. The zero-order valence-electron chi connectivity index (χ0n) is 13.5. The van der Waals surface area contributed by atoms with Crippen LogP contribution in [0.15, 0.2) is 15.7 Å². The number of rotatable bonds is 4. The molecule has 122 valence electrons. The molecule has 2 saturated heterocycles. The Morgan fingerprint density at radius 3 is 2.68 bits per heavy atom. The summed E-state index contributed by atoms with van der Waals surface area (Å²) in [5.74, 6) is 0. The van der Waals surface area contributed by atoms with Gasteiger partial charge in [-0.3, -0.25) is 19.2 Å². The number of hydrogen-bond acceptors (Lipinski definition) is 4. The van der Waals surface area contributed by atoms with Crippen molar-refractivity contribution in [2.45, 2.75) is 51.7 Å². The van der Waals surface area contributed by atoms with Crippen LogP contribution in [0.3, 0.4) is 0 Å². The van der Waals surface area contributed by atoms with E-state index in [-0.39, 0.29) is 11.2 Å². The summed E-state index contributed by atoms with van der Waals surface area (Å²) >= 11 is 0. The maximum absolute atomic E-state index is 11.9. The summed E-state index contributed by atoms with van der Waals surface area (Å²) < 4.78 is 1.30. The minimum absolute atomic E-state index is 0.206. The van der Waals surface area contributed by atoms with Crippen molar-refractivity contribution in [1.82, 2.24) is 19.4 Å². The fourth-order valence-electron chi connectivity index (χ4n) is 3.69. The number of aromatic nitrogens is 2. The van der Waals surface area contributed by atoms with Crippen molar-refractivity contribution in [3.63, 3.8) is 0 Å². The molecule has 0 radical (unpaired) electrons.